The summed E-state index contributed by atoms with van der Waals surface area (Å²) >= 11 is 0. The number of para-hydroxylation sites is 3. The van der Waals surface area contributed by atoms with Crippen molar-refractivity contribution in [2.75, 3.05) is 18.5 Å². The van der Waals surface area contributed by atoms with E-state index in [9.17, 15) is 9.59 Å². The highest BCUT2D eigenvalue weighted by atomic mass is 16.2. The molecule has 0 saturated heterocycles. The van der Waals surface area contributed by atoms with Gasteiger partial charge in [-0.3, -0.25) is 9.59 Å². The Kier molecular flexibility index (Phi) is 6.22. The van der Waals surface area contributed by atoms with Gasteiger partial charge in [-0.2, -0.15) is 0 Å². The molecule has 144 valence electrons. The number of imidazole rings is 1. The van der Waals surface area contributed by atoms with E-state index in [-0.39, 0.29) is 18.4 Å². The van der Waals surface area contributed by atoms with Gasteiger partial charge in [0.15, 0.2) is 0 Å². The van der Waals surface area contributed by atoms with Crippen LogP contribution in [-0.4, -0.2) is 35.0 Å². The minimum atomic E-state index is -0.187. The van der Waals surface area contributed by atoms with E-state index in [1.165, 1.54) is 6.08 Å². The number of aromatic nitrogens is 2. The first kappa shape index (κ1) is 19.4. The molecule has 1 aromatic heterocycles. The lowest BCUT2D eigenvalue weighted by Gasteiger charge is -2.18. The van der Waals surface area contributed by atoms with E-state index in [0.717, 1.165) is 29.0 Å². The van der Waals surface area contributed by atoms with E-state index in [2.05, 4.69) is 11.9 Å². The highest BCUT2D eigenvalue weighted by Gasteiger charge is 2.16. The number of carbonyl (C=O) groups is 2. The van der Waals surface area contributed by atoms with Crippen LogP contribution >= 0.6 is 0 Å². The first-order valence-electron chi connectivity index (χ1n) is 9.26. The molecule has 3 aromatic rings. The molecule has 0 aliphatic rings. The van der Waals surface area contributed by atoms with Gasteiger partial charge in [-0.1, -0.05) is 36.9 Å². The summed E-state index contributed by atoms with van der Waals surface area (Å²) in [4.78, 5) is 30.5. The third-order valence-corrected chi connectivity index (χ3v) is 4.61. The van der Waals surface area contributed by atoms with Crippen molar-refractivity contribution in [3.8, 4) is 0 Å². The Balaban J connectivity index is 1.77. The Hall–Kier alpha value is -3.41. The van der Waals surface area contributed by atoms with Gasteiger partial charge in [0, 0.05) is 25.7 Å². The van der Waals surface area contributed by atoms with Crippen LogP contribution in [0.25, 0.3) is 11.0 Å². The number of benzene rings is 2. The number of fused-ring (bicyclic) bond motifs is 1. The van der Waals surface area contributed by atoms with E-state index >= 15 is 0 Å². The lowest BCUT2D eigenvalue weighted by Crippen LogP contribution is -2.30. The Bertz CT molecular complexity index is 979. The number of hydrogen-bond acceptors (Lipinski definition) is 3. The fourth-order valence-electron chi connectivity index (χ4n) is 3.06. The van der Waals surface area contributed by atoms with Crippen molar-refractivity contribution >= 4 is 28.5 Å². The molecule has 0 bridgehead atoms. The lowest BCUT2D eigenvalue weighted by atomic mass is 10.2. The minimum absolute atomic E-state index is 0.0180. The zero-order valence-electron chi connectivity index (χ0n) is 16.0. The van der Waals surface area contributed by atoms with Crippen molar-refractivity contribution in [3.05, 3.63) is 73.1 Å². The van der Waals surface area contributed by atoms with Crippen LogP contribution in [0, 0.1) is 0 Å². The molecular formula is C22H24N4O2. The summed E-state index contributed by atoms with van der Waals surface area (Å²) in [5, 5.41) is 2.77. The summed E-state index contributed by atoms with van der Waals surface area (Å²) in [6.07, 6.45) is 2.65. The molecule has 0 spiro atoms. The van der Waals surface area contributed by atoms with Crippen LogP contribution in [0.3, 0.4) is 0 Å². The van der Waals surface area contributed by atoms with Gasteiger partial charge in [0.05, 0.1) is 11.0 Å². The molecule has 3 rings (SSSR count). The van der Waals surface area contributed by atoms with E-state index < -0.39 is 0 Å². The predicted molar refractivity (Wildman–Crippen MR) is 111 cm³/mol. The first-order valence-corrected chi connectivity index (χ1v) is 9.26. The summed E-state index contributed by atoms with van der Waals surface area (Å²) in [5.41, 5.74) is 2.65. The fraction of sp³-hybridized carbons (Fsp3) is 0.227. The van der Waals surface area contributed by atoms with Crippen LogP contribution in [0.4, 0.5) is 5.69 Å². The van der Waals surface area contributed by atoms with Gasteiger partial charge in [0.1, 0.15) is 12.4 Å². The molecule has 1 N–H and O–H groups in total. The number of likely N-dealkylation sites (N-methyl/N-ethyl adjacent to an activating group) is 1. The molecule has 2 aromatic carbocycles. The van der Waals surface area contributed by atoms with Crippen molar-refractivity contribution in [1.29, 1.82) is 0 Å². The Morgan fingerprint density at radius 3 is 2.61 bits per heavy atom. The topological polar surface area (TPSA) is 67.2 Å². The quantitative estimate of drug-likeness (QED) is 0.486. The van der Waals surface area contributed by atoms with E-state index in [0.29, 0.717) is 13.0 Å². The van der Waals surface area contributed by atoms with Gasteiger partial charge < -0.3 is 14.8 Å². The fourth-order valence-corrected chi connectivity index (χ4v) is 3.06. The van der Waals surface area contributed by atoms with Gasteiger partial charge in [-0.25, -0.2) is 4.98 Å². The largest absolute Gasteiger partial charge is 0.353 e. The maximum atomic E-state index is 12.9. The van der Waals surface area contributed by atoms with Crippen molar-refractivity contribution in [2.45, 2.75) is 19.4 Å². The van der Waals surface area contributed by atoms with E-state index in [4.69, 9.17) is 4.98 Å². The van der Waals surface area contributed by atoms with Gasteiger partial charge in [0.2, 0.25) is 11.8 Å². The van der Waals surface area contributed by atoms with Gasteiger partial charge in [0.25, 0.3) is 0 Å². The maximum Gasteiger partial charge on any atom is 0.246 e. The average Bonchev–Trinajstić information content (AvgIpc) is 3.08. The number of nitrogens with one attached hydrogen (secondary N) is 1. The molecule has 0 radical (unpaired) electrons. The van der Waals surface area contributed by atoms with Crippen LogP contribution < -0.4 is 10.2 Å². The van der Waals surface area contributed by atoms with Gasteiger partial charge in [-0.15, -0.1) is 0 Å². The van der Waals surface area contributed by atoms with E-state index in [1.54, 1.807) is 11.9 Å². The Labute approximate surface area is 164 Å². The lowest BCUT2D eigenvalue weighted by molar-refractivity contribution is -0.119. The molecule has 0 aliphatic carbocycles. The molecule has 6 nitrogen and oxygen atoms in total. The second-order valence-corrected chi connectivity index (χ2v) is 6.49. The zero-order valence-corrected chi connectivity index (χ0v) is 16.0. The number of rotatable bonds is 8. The monoisotopic (exact) mass is 376 g/mol. The molecule has 6 heteroatoms. The highest BCUT2D eigenvalue weighted by Crippen LogP contribution is 2.19. The SMILES string of the molecule is C=CC(=O)NCCCc1nc2ccccc2n1CC(=O)N(C)c1ccccc1. The Morgan fingerprint density at radius 1 is 1.14 bits per heavy atom. The summed E-state index contributed by atoms with van der Waals surface area (Å²) in [5.74, 6) is 0.632. The number of carbonyl (C=O) groups excluding carboxylic acids is 2. The standard InChI is InChI=1S/C22H24N4O2/c1-3-21(27)23-15-9-14-20-24-18-12-7-8-13-19(18)26(20)16-22(28)25(2)17-10-5-4-6-11-17/h3-8,10-13H,1,9,14-16H2,2H3,(H,23,27). The van der Waals surface area contributed by atoms with Crippen molar-refractivity contribution in [2.24, 2.45) is 0 Å². The number of anilines is 1. The molecule has 1 heterocycles. The van der Waals surface area contributed by atoms with Crippen molar-refractivity contribution in [1.82, 2.24) is 14.9 Å². The second-order valence-electron chi connectivity index (χ2n) is 6.49. The van der Waals surface area contributed by atoms with Crippen LogP contribution in [0.5, 0.6) is 0 Å². The molecule has 0 unspecified atom stereocenters. The first-order chi connectivity index (χ1) is 13.6. The highest BCUT2D eigenvalue weighted by molar-refractivity contribution is 5.93. The normalized spacial score (nSPS) is 10.6. The van der Waals surface area contributed by atoms with Gasteiger partial charge >= 0.3 is 0 Å². The molecule has 0 atom stereocenters. The number of nitrogens with zero attached hydrogens (tertiary/aromatic N) is 3. The number of amides is 2. The third kappa shape index (κ3) is 4.46. The minimum Gasteiger partial charge on any atom is -0.353 e. The summed E-state index contributed by atoms with van der Waals surface area (Å²) in [6, 6.07) is 17.4. The Morgan fingerprint density at radius 2 is 1.86 bits per heavy atom. The predicted octanol–water partition coefficient (Wildman–Crippen LogP) is 2.93. The molecule has 2 amide bonds. The average molecular weight is 376 g/mol. The molecule has 0 aliphatic heterocycles. The molecule has 0 saturated carbocycles. The van der Waals surface area contributed by atoms with Crippen molar-refractivity contribution < 1.29 is 9.59 Å². The smallest absolute Gasteiger partial charge is 0.246 e. The molecular weight excluding hydrogens is 352 g/mol. The third-order valence-electron chi connectivity index (χ3n) is 4.61. The molecule has 28 heavy (non-hydrogen) atoms. The second kappa shape index (κ2) is 8.99. The van der Waals surface area contributed by atoms with Crippen LogP contribution in [-0.2, 0) is 22.6 Å². The van der Waals surface area contributed by atoms with E-state index in [1.807, 2.05) is 59.2 Å². The van der Waals surface area contributed by atoms with Gasteiger partial charge in [-0.05, 0) is 36.8 Å². The maximum absolute atomic E-state index is 12.9. The number of aryl methyl sites for hydroxylation is 1. The summed E-state index contributed by atoms with van der Waals surface area (Å²) in [7, 11) is 1.78. The van der Waals surface area contributed by atoms with Crippen LogP contribution in [0.2, 0.25) is 0 Å². The summed E-state index contributed by atoms with van der Waals surface area (Å²) in [6.45, 7) is 4.19. The summed E-state index contributed by atoms with van der Waals surface area (Å²) < 4.78 is 1.96. The van der Waals surface area contributed by atoms with Crippen molar-refractivity contribution in [3.63, 3.8) is 0 Å². The zero-order chi connectivity index (χ0) is 19.9. The van der Waals surface area contributed by atoms with Crippen LogP contribution in [0.1, 0.15) is 12.2 Å². The van der Waals surface area contributed by atoms with Crippen LogP contribution in [0.15, 0.2) is 67.3 Å². The number of hydrogen-bond donors (Lipinski definition) is 1. The molecule has 0 fully saturated rings.